The SMILES string of the molecule is C=Cc1c(O)ccc(Cl)c1Cl. The van der Waals surface area contributed by atoms with E-state index in [1.807, 2.05) is 0 Å². The van der Waals surface area contributed by atoms with Crippen molar-refractivity contribution in [2.24, 2.45) is 0 Å². The minimum absolute atomic E-state index is 0.0920. The minimum atomic E-state index is 0.0920. The highest BCUT2D eigenvalue weighted by atomic mass is 35.5. The summed E-state index contributed by atoms with van der Waals surface area (Å²) in [7, 11) is 0. The molecule has 3 heteroatoms. The Morgan fingerprint density at radius 3 is 2.45 bits per heavy atom. The van der Waals surface area contributed by atoms with Crippen LogP contribution in [-0.4, -0.2) is 5.11 Å². The molecule has 0 amide bonds. The van der Waals surface area contributed by atoms with Crippen LogP contribution in [0.15, 0.2) is 18.7 Å². The van der Waals surface area contributed by atoms with Gasteiger partial charge in [0, 0.05) is 5.56 Å². The zero-order chi connectivity index (χ0) is 8.43. The molecule has 0 aliphatic heterocycles. The molecule has 0 spiro atoms. The van der Waals surface area contributed by atoms with Crippen molar-refractivity contribution in [3.05, 3.63) is 34.3 Å². The Labute approximate surface area is 74.9 Å². The number of phenolic OH excluding ortho intramolecular Hbond substituents is 1. The van der Waals surface area contributed by atoms with Gasteiger partial charge >= 0.3 is 0 Å². The Bertz CT molecular complexity index is 294. The van der Waals surface area contributed by atoms with Gasteiger partial charge in [0.25, 0.3) is 0 Å². The predicted molar refractivity (Wildman–Crippen MR) is 48.2 cm³/mol. The fraction of sp³-hybridized carbons (Fsp3) is 0. The third-order valence-electron chi connectivity index (χ3n) is 1.31. The van der Waals surface area contributed by atoms with Gasteiger partial charge in [-0.15, -0.1) is 0 Å². The first kappa shape index (κ1) is 8.44. The van der Waals surface area contributed by atoms with Gasteiger partial charge in [0.15, 0.2) is 0 Å². The summed E-state index contributed by atoms with van der Waals surface area (Å²) in [6.45, 7) is 3.49. The topological polar surface area (TPSA) is 20.2 Å². The molecule has 0 atom stereocenters. The lowest BCUT2D eigenvalue weighted by Gasteiger charge is -2.02. The highest BCUT2D eigenvalue weighted by Gasteiger charge is 2.05. The van der Waals surface area contributed by atoms with E-state index in [-0.39, 0.29) is 5.75 Å². The van der Waals surface area contributed by atoms with Gasteiger partial charge in [-0.3, -0.25) is 0 Å². The molecule has 1 aromatic rings. The summed E-state index contributed by atoms with van der Waals surface area (Å²) >= 11 is 11.4. The molecule has 0 bridgehead atoms. The van der Waals surface area contributed by atoms with Crippen LogP contribution in [0.2, 0.25) is 10.0 Å². The van der Waals surface area contributed by atoms with Crippen molar-refractivity contribution in [3.63, 3.8) is 0 Å². The van der Waals surface area contributed by atoms with Crippen molar-refractivity contribution < 1.29 is 5.11 Å². The van der Waals surface area contributed by atoms with E-state index >= 15 is 0 Å². The molecule has 11 heavy (non-hydrogen) atoms. The van der Waals surface area contributed by atoms with Gasteiger partial charge in [-0.2, -0.15) is 0 Å². The average Bonchev–Trinajstić information content (AvgIpc) is 1.99. The first-order valence-electron chi connectivity index (χ1n) is 2.96. The van der Waals surface area contributed by atoms with E-state index in [0.717, 1.165) is 0 Å². The molecule has 0 fully saturated rings. The minimum Gasteiger partial charge on any atom is -0.507 e. The van der Waals surface area contributed by atoms with Crippen LogP contribution in [0.5, 0.6) is 5.75 Å². The van der Waals surface area contributed by atoms with E-state index in [4.69, 9.17) is 23.2 Å². The lowest BCUT2D eigenvalue weighted by atomic mass is 10.2. The van der Waals surface area contributed by atoms with Crippen molar-refractivity contribution >= 4 is 29.3 Å². The molecule has 1 N–H and O–H groups in total. The van der Waals surface area contributed by atoms with Gasteiger partial charge in [0.05, 0.1) is 10.0 Å². The second-order valence-electron chi connectivity index (χ2n) is 2.00. The maximum Gasteiger partial charge on any atom is 0.124 e. The molecule has 0 saturated heterocycles. The third-order valence-corrected chi connectivity index (χ3v) is 2.13. The second kappa shape index (κ2) is 3.16. The van der Waals surface area contributed by atoms with Gasteiger partial charge in [-0.25, -0.2) is 0 Å². The lowest BCUT2D eigenvalue weighted by molar-refractivity contribution is 0.474. The first-order chi connectivity index (χ1) is 5.16. The summed E-state index contributed by atoms with van der Waals surface area (Å²) in [6, 6.07) is 3.01. The summed E-state index contributed by atoms with van der Waals surface area (Å²) in [6.07, 6.45) is 1.46. The van der Waals surface area contributed by atoms with Gasteiger partial charge in [0.2, 0.25) is 0 Å². The zero-order valence-corrected chi connectivity index (χ0v) is 7.15. The zero-order valence-electron chi connectivity index (χ0n) is 5.64. The number of benzene rings is 1. The van der Waals surface area contributed by atoms with Crippen molar-refractivity contribution in [1.29, 1.82) is 0 Å². The van der Waals surface area contributed by atoms with Crippen LogP contribution < -0.4 is 0 Å². The van der Waals surface area contributed by atoms with E-state index in [2.05, 4.69) is 6.58 Å². The van der Waals surface area contributed by atoms with Gasteiger partial charge in [-0.05, 0) is 12.1 Å². The number of rotatable bonds is 1. The molecule has 0 radical (unpaired) electrons. The van der Waals surface area contributed by atoms with Gasteiger partial charge in [-0.1, -0.05) is 35.9 Å². The lowest BCUT2D eigenvalue weighted by Crippen LogP contribution is -1.77. The standard InChI is InChI=1S/C8H6Cl2O/c1-2-5-7(11)4-3-6(9)8(5)10/h2-4,11H,1H2. The maximum absolute atomic E-state index is 9.20. The predicted octanol–water partition coefficient (Wildman–Crippen LogP) is 3.34. The Morgan fingerprint density at radius 2 is 2.00 bits per heavy atom. The molecule has 0 aliphatic carbocycles. The monoisotopic (exact) mass is 188 g/mol. The highest BCUT2D eigenvalue weighted by Crippen LogP contribution is 2.32. The van der Waals surface area contributed by atoms with E-state index in [0.29, 0.717) is 15.6 Å². The number of phenols is 1. The number of hydrogen-bond donors (Lipinski definition) is 1. The van der Waals surface area contributed by atoms with Crippen molar-refractivity contribution in [2.45, 2.75) is 0 Å². The van der Waals surface area contributed by atoms with Crippen LogP contribution in [-0.2, 0) is 0 Å². The molecule has 0 saturated carbocycles. The summed E-state index contributed by atoms with van der Waals surface area (Å²) in [5, 5.41) is 9.95. The molecule has 1 rings (SSSR count). The van der Waals surface area contributed by atoms with Crippen LogP contribution in [0.4, 0.5) is 0 Å². The highest BCUT2D eigenvalue weighted by molar-refractivity contribution is 6.43. The van der Waals surface area contributed by atoms with Gasteiger partial charge < -0.3 is 5.11 Å². The molecule has 0 heterocycles. The van der Waals surface area contributed by atoms with E-state index in [9.17, 15) is 5.11 Å². The van der Waals surface area contributed by atoms with Crippen molar-refractivity contribution in [2.75, 3.05) is 0 Å². The Kier molecular flexibility index (Phi) is 2.42. The average molecular weight is 189 g/mol. The number of hydrogen-bond acceptors (Lipinski definition) is 1. The van der Waals surface area contributed by atoms with Crippen LogP contribution >= 0.6 is 23.2 Å². The molecular weight excluding hydrogens is 183 g/mol. The summed E-state index contributed by atoms with van der Waals surface area (Å²) in [5.41, 5.74) is 0.471. The first-order valence-corrected chi connectivity index (χ1v) is 3.72. The Morgan fingerprint density at radius 1 is 1.36 bits per heavy atom. The summed E-state index contributed by atoms with van der Waals surface area (Å²) in [5.74, 6) is 0.0920. The van der Waals surface area contributed by atoms with Crippen LogP contribution in [0, 0.1) is 0 Å². The Hall–Kier alpha value is -0.660. The third kappa shape index (κ3) is 1.50. The van der Waals surface area contributed by atoms with Crippen LogP contribution in [0.3, 0.4) is 0 Å². The smallest absolute Gasteiger partial charge is 0.124 e. The van der Waals surface area contributed by atoms with Crippen LogP contribution in [0.25, 0.3) is 6.08 Å². The molecule has 0 unspecified atom stereocenters. The van der Waals surface area contributed by atoms with E-state index < -0.39 is 0 Å². The molecule has 58 valence electrons. The second-order valence-corrected chi connectivity index (χ2v) is 2.78. The summed E-state index contributed by atoms with van der Waals surface area (Å²) in [4.78, 5) is 0. The van der Waals surface area contributed by atoms with Crippen molar-refractivity contribution in [1.82, 2.24) is 0 Å². The van der Waals surface area contributed by atoms with Crippen LogP contribution in [0.1, 0.15) is 5.56 Å². The van der Waals surface area contributed by atoms with E-state index in [1.54, 1.807) is 0 Å². The molecule has 0 aliphatic rings. The van der Waals surface area contributed by atoms with Gasteiger partial charge in [0.1, 0.15) is 5.75 Å². The molecular formula is C8H6Cl2O. The van der Waals surface area contributed by atoms with E-state index in [1.165, 1.54) is 18.2 Å². The molecule has 1 nitrogen and oxygen atoms in total. The normalized spacial score (nSPS) is 9.64. The fourth-order valence-corrected chi connectivity index (χ4v) is 1.15. The fourth-order valence-electron chi connectivity index (χ4n) is 0.750. The summed E-state index contributed by atoms with van der Waals surface area (Å²) < 4.78 is 0. The largest absolute Gasteiger partial charge is 0.507 e. The Balaban J connectivity index is 3.40. The maximum atomic E-state index is 9.20. The molecule has 1 aromatic carbocycles. The molecule has 0 aromatic heterocycles. The number of halogens is 2. The number of aromatic hydroxyl groups is 1. The quantitative estimate of drug-likeness (QED) is 0.718. The van der Waals surface area contributed by atoms with Crippen molar-refractivity contribution in [3.8, 4) is 5.75 Å².